The average molecular weight is 293 g/mol. The number of rotatable bonds is 2. The summed E-state index contributed by atoms with van der Waals surface area (Å²) in [5.41, 5.74) is 1.09. The number of nitrogens with one attached hydrogen (secondary N) is 1. The Morgan fingerprint density at radius 1 is 1.55 bits per heavy atom. The topological polar surface area (TPSA) is 95.7 Å². The van der Waals surface area contributed by atoms with E-state index < -0.39 is 17.1 Å². The quantitative estimate of drug-likeness (QED) is 0.494. The Morgan fingerprint density at radius 3 is 2.85 bits per heavy atom. The third-order valence-corrected chi connectivity index (χ3v) is 3.14. The van der Waals surface area contributed by atoms with E-state index in [4.69, 9.17) is 12.2 Å². The average Bonchev–Trinajstić information content (AvgIpc) is 2.37. The van der Waals surface area contributed by atoms with Crippen LogP contribution in [0.15, 0.2) is 36.0 Å². The number of amides is 1. The summed E-state index contributed by atoms with van der Waals surface area (Å²) >= 11 is 5.00. The Hall–Kier alpha value is -2.48. The minimum Gasteiger partial charge on any atom is -0.465 e. The van der Waals surface area contributed by atoms with Gasteiger partial charge in [0.05, 0.1) is 11.0 Å². The highest BCUT2D eigenvalue weighted by Gasteiger charge is 2.31. The predicted octanol–water partition coefficient (Wildman–Crippen LogP) is 2.41. The van der Waals surface area contributed by atoms with E-state index in [0.717, 1.165) is 4.90 Å². The van der Waals surface area contributed by atoms with Crippen LogP contribution in [0.5, 0.6) is 0 Å². The molecule has 1 aromatic rings. The summed E-state index contributed by atoms with van der Waals surface area (Å²) in [5.74, 6) is 0. The van der Waals surface area contributed by atoms with Crippen molar-refractivity contribution in [3.05, 3.63) is 51.7 Å². The molecule has 1 aliphatic rings. The molecule has 0 aliphatic carbocycles. The van der Waals surface area contributed by atoms with Crippen LogP contribution < -0.4 is 5.32 Å². The fraction of sp³-hybridized carbons (Fsp3) is 0.167. The van der Waals surface area contributed by atoms with Gasteiger partial charge in [0.2, 0.25) is 0 Å². The zero-order valence-corrected chi connectivity index (χ0v) is 11.3. The van der Waals surface area contributed by atoms with Crippen molar-refractivity contribution in [1.82, 2.24) is 10.2 Å². The van der Waals surface area contributed by atoms with Gasteiger partial charge >= 0.3 is 6.09 Å². The molecule has 0 radical (unpaired) electrons. The van der Waals surface area contributed by atoms with E-state index in [1.54, 1.807) is 19.1 Å². The molecule has 0 spiro atoms. The van der Waals surface area contributed by atoms with Crippen LogP contribution >= 0.6 is 12.2 Å². The molecule has 7 nitrogen and oxygen atoms in total. The number of thiocarbonyl (C=S) groups is 1. The van der Waals surface area contributed by atoms with Gasteiger partial charge in [0, 0.05) is 17.8 Å². The number of hydrogen-bond acceptors (Lipinski definition) is 4. The Kier molecular flexibility index (Phi) is 3.66. The summed E-state index contributed by atoms with van der Waals surface area (Å²) < 4.78 is 0. The fourth-order valence-corrected chi connectivity index (χ4v) is 2.33. The number of carboxylic acid groups (broad SMARTS) is 1. The number of non-ortho nitro benzene ring substituents is 1. The first kappa shape index (κ1) is 13.9. The maximum absolute atomic E-state index is 11.3. The number of hydrogen-bond donors (Lipinski definition) is 2. The monoisotopic (exact) mass is 293 g/mol. The number of nitrogens with zero attached hydrogens (tertiary/aromatic N) is 2. The van der Waals surface area contributed by atoms with Crippen LogP contribution in [-0.4, -0.2) is 26.1 Å². The van der Waals surface area contributed by atoms with E-state index in [0.29, 0.717) is 11.3 Å². The molecule has 1 aromatic carbocycles. The van der Waals surface area contributed by atoms with E-state index in [9.17, 15) is 20.0 Å². The molecule has 2 rings (SSSR count). The predicted molar refractivity (Wildman–Crippen MR) is 75.2 cm³/mol. The molecule has 1 heterocycles. The molecule has 1 unspecified atom stereocenters. The molecular formula is C12H11N3O4S. The second-order valence-electron chi connectivity index (χ2n) is 4.23. The number of nitro groups is 1. The van der Waals surface area contributed by atoms with Crippen LogP contribution in [-0.2, 0) is 0 Å². The number of allylic oxidation sites excluding steroid dienone is 1. The summed E-state index contributed by atoms with van der Waals surface area (Å²) in [7, 11) is 0. The van der Waals surface area contributed by atoms with Crippen LogP contribution in [0.2, 0.25) is 0 Å². The lowest BCUT2D eigenvalue weighted by atomic mass is 10.0. The molecule has 20 heavy (non-hydrogen) atoms. The Labute approximate surface area is 119 Å². The zero-order chi connectivity index (χ0) is 14.9. The third kappa shape index (κ3) is 2.59. The largest absolute Gasteiger partial charge is 0.465 e. The lowest BCUT2D eigenvalue weighted by Gasteiger charge is -2.32. The molecule has 0 saturated heterocycles. The van der Waals surface area contributed by atoms with E-state index in [1.807, 2.05) is 0 Å². The van der Waals surface area contributed by atoms with Gasteiger partial charge in [0.1, 0.15) is 0 Å². The van der Waals surface area contributed by atoms with Gasteiger partial charge in [-0.25, -0.2) is 9.69 Å². The van der Waals surface area contributed by atoms with Crippen molar-refractivity contribution in [3.63, 3.8) is 0 Å². The van der Waals surface area contributed by atoms with Crippen LogP contribution in [0.3, 0.4) is 0 Å². The minimum atomic E-state index is -1.22. The molecule has 0 fully saturated rings. The summed E-state index contributed by atoms with van der Waals surface area (Å²) in [6.07, 6.45) is 0.436. The SMILES string of the molecule is CC1=CC(c2cccc([N+](=O)[O-])c2)N(C(=O)O)C(=S)N1. The van der Waals surface area contributed by atoms with Crippen molar-refractivity contribution in [3.8, 4) is 0 Å². The van der Waals surface area contributed by atoms with E-state index in [2.05, 4.69) is 5.32 Å². The second kappa shape index (κ2) is 5.25. The molecule has 1 aliphatic heterocycles. The number of nitro benzene ring substituents is 1. The highest BCUT2D eigenvalue weighted by molar-refractivity contribution is 7.80. The Bertz CT molecular complexity index is 629. The van der Waals surface area contributed by atoms with Crippen LogP contribution in [0, 0.1) is 10.1 Å². The third-order valence-electron chi connectivity index (χ3n) is 2.84. The van der Waals surface area contributed by atoms with Gasteiger partial charge in [-0.3, -0.25) is 10.1 Å². The summed E-state index contributed by atoms with van der Waals surface area (Å²) in [4.78, 5) is 22.5. The maximum atomic E-state index is 11.3. The molecule has 0 bridgehead atoms. The first-order valence-corrected chi connectivity index (χ1v) is 6.07. The molecule has 1 amide bonds. The Balaban J connectivity index is 2.49. The normalized spacial score (nSPS) is 18.2. The van der Waals surface area contributed by atoms with Gasteiger partial charge in [0.25, 0.3) is 5.69 Å². The van der Waals surface area contributed by atoms with Crippen LogP contribution in [0.1, 0.15) is 18.5 Å². The van der Waals surface area contributed by atoms with Gasteiger partial charge < -0.3 is 10.4 Å². The standard InChI is InChI=1S/C12H11N3O4S/c1-7-5-10(14(12(16)17)11(20)13-7)8-3-2-4-9(6-8)15(18)19/h2-6,10H,1H3,(H,13,20)(H,16,17). The Morgan fingerprint density at radius 2 is 2.25 bits per heavy atom. The van der Waals surface area contributed by atoms with Crippen molar-refractivity contribution in [1.29, 1.82) is 0 Å². The van der Waals surface area contributed by atoms with Gasteiger partial charge in [-0.15, -0.1) is 0 Å². The highest BCUT2D eigenvalue weighted by atomic mass is 32.1. The lowest BCUT2D eigenvalue weighted by molar-refractivity contribution is -0.384. The second-order valence-corrected chi connectivity index (χ2v) is 4.62. The van der Waals surface area contributed by atoms with E-state index in [1.165, 1.54) is 18.2 Å². The van der Waals surface area contributed by atoms with Crippen LogP contribution in [0.25, 0.3) is 0 Å². The van der Waals surface area contributed by atoms with Gasteiger partial charge in [0.15, 0.2) is 5.11 Å². The van der Waals surface area contributed by atoms with Gasteiger partial charge in [-0.1, -0.05) is 12.1 Å². The summed E-state index contributed by atoms with van der Waals surface area (Å²) in [6, 6.07) is 5.16. The molecule has 0 aromatic heterocycles. The minimum absolute atomic E-state index is 0.0500. The smallest absolute Gasteiger partial charge is 0.414 e. The summed E-state index contributed by atoms with van der Waals surface area (Å²) in [6.45, 7) is 1.75. The first-order chi connectivity index (χ1) is 9.40. The molecular weight excluding hydrogens is 282 g/mol. The molecule has 2 N–H and O–H groups in total. The van der Waals surface area contributed by atoms with E-state index >= 15 is 0 Å². The fourth-order valence-electron chi connectivity index (χ4n) is 1.98. The zero-order valence-electron chi connectivity index (χ0n) is 10.4. The van der Waals surface area contributed by atoms with Gasteiger partial charge in [-0.05, 0) is 30.8 Å². The lowest BCUT2D eigenvalue weighted by Crippen LogP contribution is -2.47. The maximum Gasteiger partial charge on any atom is 0.414 e. The highest BCUT2D eigenvalue weighted by Crippen LogP contribution is 2.29. The number of carbonyl (C=O) groups is 1. The molecule has 104 valence electrons. The van der Waals surface area contributed by atoms with E-state index in [-0.39, 0.29) is 10.8 Å². The van der Waals surface area contributed by atoms with Crippen molar-refractivity contribution in [2.24, 2.45) is 0 Å². The van der Waals surface area contributed by atoms with Crippen molar-refractivity contribution < 1.29 is 14.8 Å². The molecule has 1 atom stereocenters. The first-order valence-electron chi connectivity index (χ1n) is 5.66. The van der Waals surface area contributed by atoms with Crippen molar-refractivity contribution in [2.45, 2.75) is 13.0 Å². The number of benzene rings is 1. The van der Waals surface area contributed by atoms with Crippen molar-refractivity contribution >= 4 is 29.1 Å². The van der Waals surface area contributed by atoms with Gasteiger partial charge in [-0.2, -0.15) is 0 Å². The molecule has 0 saturated carbocycles. The van der Waals surface area contributed by atoms with Crippen molar-refractivity contribution in [2.75, 3.05) is 0 Å². The molecule has 8 heteroatoms. The summed E-state index contributed by atoms with van der Waals surface area (Å²) in [5, 5.41) is 22.8. The van der Waals surface area contributed by atoms with Crippen LogP contribution in [0.4, 0.5) is 10.5 Å².